The number of ether oxygens (including phenoxy) is 1. The van der Waals surface area contributed by atoms with Gasteiger partial charge in [0.2, 0.25) is 5.91 Å². The molecule has 2 amide bonds. The standard InChI is InChI=1S/C21H20N2O3S2/c1-14(20(24)22-15-6-3-8-17(12-15)26-2)28-18-9-4-7-16(13-18)23-21(25)19-10-5-11-27-19/h3-14H,1-2H3,(H,22,24)(H,23,25). The second kappa shape index (κ2) is 9.43. The molecule has 0 saturated heterocycles. The largest absolute Gasteiger partial charge is 0.497 e. The second-order valence-electron chi connectivity index (χ2n) is 5.94. The molecule has 1 atom stereocenters. The molecule has 1 heterocycles. The van der Waals surface area contributed by atoms with Crippen LogP contribution in [0.3, 0.4) is 0 Å². The van der Waals surface area contributed by atoms with E-state index in [1.807, 2.05) is 60.8 Å². The first-order valence-corrected chi connectivity index (χ1v) is 10.4. The summed E-state index contributed by atoms with van der Waals surface area (Å²) < 4.78 is 5.17. The molecule has 0 fully saturated rings. The minimum Gasteiger partial charge on any atom is -0.497 e. The van der Waals surface area contributed by atoms with Crippen molar-refractivity contribution in [3.05, 3.63) is 70.9 Å². The van der Waals surface area contributed by atoms with Gasteiger partial charge in [0.25, 0.3) is 5.91 Å². The summed E-state index contributed by atoms with van der Waals surface area (Å²) in [4.78, 5) is 26.2. The molecular formula is C21H20N2O3S2. The van der Waals surface area contributed by atoms with E-state index in [1.165, 1.54) is 23.1 Å². The Morgan fingerprint density at radius 3 is 2.46 bits per heavy atom. The van der Waals surface area contributed by atoms with Gasteiger partial charge >= 0.3 is 0 Å². The van der Waals surface area contributed by atoms with Crippen LogP contribution in [-0.2, 0) is 4.79 Å². The van der Waals surface area contributed by atoms with Gasteiger partial charge in [0.15, 0.2) is 0 Å². The van der Waals surface area contributed by atoms with Gasteiger partial charge < -0.3 is 15.4 Å². The number of hydrogen-bond acceptors (Lipinski definition) is 5. The lowest BCUT2D eigenvalue weighted by atomic mass is 10.3. The Morgan fingerprint density at radius 2 is 1.75 bits per heavy atom. The number of nitrogens with one attached hydrogen (secondary N) is 2. The van der Waals surface area contributed by atoms with Crippen molar-refractivity contribution in [3.63, 3.8) is 0 Å². The smallest absolute Gasteiger partial charge is 0.265 e. The molecule has 1 unspecified atom stereocenters. The highest BCUT2D eigenvalue weighted by Gasteiger charge is 2.15. The molecule has 0 aliphatic carbocycles. The highest BCUT2D eigenvalue weighted by molar-refractivity contribution is 8.00. The molecule has 28 heavy (non-hydrogen) atoms. The van der Waals surface area contributed by atoms with Crippen LogP contribution in [0.5, 0.6) is 5.75 Å². The zero-order chi connectivity index (χ0) is 19.9. The monoisotopic (exact) mass is 412 g/mol. The highest BCUT2D eigenvalue weighted by atomic mass is 32.2. The van der Waals surface area contributed by atoms with Crippen LogP contribution in [0.15, 0.2) is 70.9 Å². The van der Waals surface area contributed by atoms with Gasteiger partial charge in [-0.2, -0.15) is 0 Å². The van der Waals surface area contributed by atoms with Gasteiger partial charge in [-0.25, -0.2) is 0 Å². The summed E-state index contributed by atoms with van der Waals surface area (Å²) >= 11 is 2.82. The lowest BCUT2D eigenvalue weighted by molar-refractivity contribution is -0.115. The van der Waals surface area contributed by atoms with Gasteiger partial charge in [0.05, 0.1) is 17.2 Å². The molecule has 0 spiro atoms. The fourth-order valence-corrected chi connectivity index (χ4v) is 4.00. The zero-order valence-electron chi connectivity index (χ0n) is 15.5. The molecule has 5 nitrogen and oxygen atoms in total. The average molecular weight is 413 g/mol. The van der Waals surface area contributed by atoms with Gasteiger partial charge in [-0.15, -0.1) is 23.1 Å². The molecule has 0 radical (unpaired) electrons. The molecule has 1 aromatic heterocycles. The Hall–Kier alpha value is -2.77. The predicted molar refractivity (Wildman–Crippen MR) is 116 cm³/mol. The van der Waals surface area contributed by atoms with E-state index in [4.69, 9.17) is 4.74 Å². The summed E-state index contributed by atoms with van der Waals surface area (Å²) in [5, 5.41) is 7.33. The number of methoxy groups -OCH3 is 1. The first-order chi connectivity index (χ1) is 13.5. The summed E-state index contributed by atoms with van der Waals surface area (Å²) in [5.74, 6) is 0.444. The van der Waals surface area contributed by atoms with Crippen molar-refractivity contribution in [2.24, 2.45) is 0 Å². The van der Waals surface area contributed by atoms with Crippen LogP contribution in [0.1, 0.15) is 16.6 Å². The summed E-state index contributed by atoms with van der Waals surface area (Å²) in [5.41, 5.74) is 1.39. The second-order valence-corrected chi connectivity index (χ2v) is 8.30. The van der Waals surface area contributed by atoms with Crippen molar-refractivity contribution >= 4 is 46.3 Å². The third-order valence-corrected chi connectivity index (χ3v) is 5.82. The van der Waals surface area contributed by atoms with Crippen molar-refractivity contribution in [2.45, 2.75) is 17.1 Å². The number of rotatable bonds is 7. The van der Waals surface area contributed by atoms with Gasteiger partial charge in [-0.1, -0.05) is 18.2 Å². The van der Waals surface area contributed by atoms with Gasteiger partial charge in [-0.3, -0.25) is 9.59 Å². The Balaban J connectivity index is 1.61. The van der Waals surface area contributed by atoms with E-state index in [0.29, 0.717) is 22.0 Å². The van der Waals surface area contributed by atoms with Crippen LogP contribution in [-0.4, -0.2) is 24.2 Å². The van der Waals surface area contributed by atoms with Gasteiger partial charge in [0, 0.05) is 22.3 Å². The van der Waals surface area contributed by atoms with Crippen LogP contribution < -0.4 is 15.4 Å². The maximum Gasteiger partial charge on any atom is 0.265 e. The van der Waals surface area contributed by atoms with Crippen molar-refractivity contribution in [1.29, 1.82) is 0 Å². The van der Waals surface area contributed by atoms with E-state index in [9.17, 15) is 9.59 Å². The fraction of sp³-hybridized carbons (Fsp3) is 0.143. The van der Waals surface area contributed by atoms with E-state index in [2.05, 4.69) is 10.6 Å². The van der Waals surface area contributed by atoms with Gasteiger partial charge in [-0.05, 0) is 48.7 Å². The van der Waals surface area contributed by atoms with Crippen molar-refractivity contribution in [2.75, 3.05) is 17.7 Å². The number of thiophene rings is 1. The maximum atomic E-state index is 12.5. The molecule has 3 rings (SSSR count). The minimum atomic E-state index is -0.311. The molecule has 0 bridgehead atoms. The number of anilines is 2. The number of amides is 2. The normalized spacial score (nSPS) is 11.5. The number of carbonyl (C=O) groups is 2. The molecule has 0 aliphatic heterocycles. The molecule has 144 valence electrons. The van der Waals surface area contributed by atoms with Crippen molar-refractivity contribution < 1.29 is 14.3 Å². The first-order valence-electron chi connectivity index (χ1n) is 8.61. The molecule has 0 aliphatic rings. The SMILES string of the molecule is COc1cccc(NC(=O)C(C)Sc2cccc(NC(=O)c3cccs3)c2)c1. The van der Waals surface area contributed by atoms with Crippen LogP contribution in [0, 0.1) is 0 Å². The average Bonchev–Trinajstić information content (AvgIpc) is 3.23. The lowest BCUT2D eigenvalue weighted by Gasteiger charge is -2.13. The van der Waals surface area contributed by atoms with E-state index >= 15 is 0 Å². The molecule has 2 aromatic carbocycles. The van der Waals surface area contributed by atoms with E-state index in [0.717, 1.165) is 4.90 Å². The summed E-state index contributed by atoms with van der Waals surface area (Å²) in [6.45, 7) is 1.84. The minimum absolute atomic E-state index is 0.105. The molecule has 7 heteroatoms. The molecular weight excluding hydrogens is 392 g/mol. The Bertz CT molecular complexity index is 958. The van der Waals surface area contributed by atoms with Crippen LogP contribution in [0.25, 0.3) is 0 Å². The first kappa shape index (κ1) is 20.0. The van der Waals surface area contributed by atoms with Crippen LogP contribution >= 0.6 is 23.1 Å². The lowest BCUT2D eigenvalue weighted by Crippen LogP contribution is -2.22. The number of carbonyl (C=O) groups excluding carboxylic acids is 2. The van der Waals surface area contributed by atoms with E-state index in [-0.39, 0.29) is 17.1 Å². The third kappa shape index (κ3) is 5.37. The molecule has 0 saturated carbocycles. The number of benzene rings is 2. The molecule has 3 aromatic rings. The van der Waals surface area contributed by atoms with Crippen molar-refractivity contribution in [1.82, 2.24) is 0 Å². The highest BCUT2D eigenvalue weighted by Crippen LogP contribution is 2.27. The predicted octanol–water partition coefficient (Wildman–Crippen LogP) is 5.13. The Labute approximate surface area is 172 Å². The Kier molecular flexibility index (Phi) is 6.73. The fourth-order valence-electron chi connectivity index (χ4n) is 2.45. The Morgan fingerprint density at radius 1 is 1.00 bits per heavy atom. The number of hydrogen-bond donors (Lipinski definition) is 2. The van der Waals surface area contributed by atoms with Crippen molar-refractivity contribution in [3.8, 4) is 5.75 Å². The number of thioether (sulfide) groups is 1. The van der Waals surface area contributed by atoms with Crippen LogP contribution in [0.2, 0.25) is 0 Å². The van der Waals surface area contributed by atoms with Crippen LogP contribution in [0.4, 0.5) is 11.4 Å². The summed E-state index contributed by atoms with van der Waals surface area (Å²) in [7, 11) is 1.59. The zero-order valence-corrected chi connectivity index (χ0v) is 17.1. The maximum absolute atomic E-state index is 12.5. The summed E-state index contributed by atoms with van der Waals surface area (Å²) in [6, 6.07) is 18.3. The molecule has 2 N–H and O–H groups in total. The van der Waals surface area contributed by atoms with Gasteiger partial charge in [0.1, 0.15) is 5.75 Å². The summed E-state index contributed by atoms with van der Waals surface area (Å²) in [6.07, 6.45) is 0. The topological polar surface area (TPSA) is 67.4 Å². The van der Waals surface area contributed by atoms with E-state index in [1.54, 1.807) is 19.2 Å². The quantitative estimate of drug-likeness (QED) is 0.528. The third-order valence-electron chi connectivity index (χ3n) is 3.86. The van der Waals surface area contributed by atoms with E-state index < -0.39 is 0 Å².